The van der Waals surface area contributed by atoms with Crippen molar-refractivity contribution in [2.45, 2.75) is 297 Å². The second-order valence-electron chi connectivity index (χ2n) is 20.6. The van der Waals surface area contributed by atoms with Gasteiger partial charge in [0.25, 0.3) is 0 Å². The Kier molecular flexibility index (Phi) is 59.3. The van der Waals surface area contributed by atoms with E-state index in [1.165, 1.54) is 148 Å². The summed E-state index contributed by atoms with van der Waals surface area (Å²) in [6.07, 6.45) is 85.2. The summed E-state index contributed by atoms with van der Waals surface area (Å²) in [6, 6.07) is 0. The Bertz CT molecular complexity index is 1520. The van der Waals surface area contributed by atoms with Crippen LogP contribution in [0.4, 0.5) is 0 Å². The van der Waals surface area contributed by atoms with Crippen LogP contribution in [0.3, 0.4) is 0 Å². The van der Waals surface area contributed by atoms with Crippen LogP contribution in [0.5, 0.6) is 0 Å². The lowest BCUT2D eigenvalue weighted by molar-refractivity contribution is -0.167. The lowest BCUT2D eigenvalue weighted by Gasteiger charge is -2.18. The second-order valence-corrected chi connectivity index (χ2v) is 20.6. The zero-order chi connectivity index (χ0) is 54.3. The normalized spacial score (nSPS) is 12.8. The van der Waals surface area contributed by atoms with Gasteiger partial charge in [0.05, 0.1) is 0 Å². The molecule has 6 heteroatoms. The molecule has 0 aliphatic carbocycles. The molecule has 0 heterocycles. The zero-order valence-electron chi connectivity index (χ0n) is 49.0. The highest BCUT2D eigenvalue weighted by molar-refractivity contribution is 5.71. The Morgan fingerprint density at radius 2 is 0.533 bits per heavy atom. The van der Waals surface area contributed by atoms with E-state index in [9.17, 15) is 14.4 Å². The topological polar surface area (TPSA) is 78.9 Å². The third-order valence-electron chi connectivity index (χ3n) is 13.3. The van der Waals surface area contributed by atoms with Gasteiger partial charge in [-0.2, -0.15) is 0 Å². The third-order valence-corrected chi connectivity index (χ3v) is 13.3. The molecule has 0 aromatic heterocycles. The first kappa shape index (κ1) is 71.1. The molecular formula is C69H116O6. The van der Waals surface area contributed by atoms with Crippen LogP contribution < -0.4 is 0 Å². The Labute approximate surface area is 463 Å². The maximum Gasteiger partial charge on any atom is 0.306 e. The van der Waals surface area contributed by atoms with E-state index in [2.05, 4.69) is 130 Å². The average molecular weight is 1040 g/mol. The van der Waals surface area contributed by atoms with Crippen molar-refractivity contribution < 1.29 is 28.6 Å². The molecule has 0 spiro atoms. The summed E-state index contributed by atoms with van der Waals surface area (Å²) in [5.74, 6) is -0.955. The number of hydrogen-bond acceptors (Lipinski definition) is 6. The molecule has 1 unspecified atom stereocenters. The maximum absolute atomic E-state index is 12.9. The van der Waals surface area contributed by atoms with Crippen molar-refractivity contribution in [1.29, 1.82) is 0 Å². The lowest BCUT2D eigenvalue weighted by Crippen LogP contribution is -2.30. The summed E-state index contributed by atoms with van der Waals surface area (Å²) in [7, 11) is 0. The second kappa shape index (κ2) is 62.6. The largest absolute Gasteiger partial charge is 0.462 e. The number of ether oxygens (including phenoxy) is 3. The van der Waals surface area contributed by atoms with Crippen LogP contribution in [0.15, 0.2) is 109 Å². The molecule has 0 N–H and O–H groups in total. The molecule has 6 nitrogen and oxygen atoms in total. The van der Waals surface area contributed by atoms with E-state index in [1.54, 1.807) is 0 Å². The van der Waals surface area contributed by atoms with Gasteiger partial charge in [-0.3, -0.25) is 14.4 Å². The van der Waals surface area contributed by atoms with E-state index in [4.69, 9.17) is 14.2 Å². The molecule has 428 valence electrons. The van der Waals surface area contributed by atoms with Gasteiger partial charge in [-0.15, -0.1) is 0 Å². The number of rotatable bonds is 56. The molecule has 0 saturated heterocycles. The van der Waals surface area contributed by atoms with Gasteiger partial charge in [0.15, 0.2) is 6.10 Å². The van der Waals surface area contributed by atoms with Gasteiger partial charge in [0, 0.05) is 19.3 Å². The van der Waals surface area contributed by atoms with Crippen molar-refractivity contribution in [1.82, 2.24) is 0 Å². The standard InChI is InChI=1S/C69H116O6/c1-4-7-10-13-16-19-22-25-28-30-32-33-34-35-37-38-41-44-47-50-53-56-59-62-68(71)74-65-66(64-73-67(70)61-58-55-52-49-46-43-40-27-24-21-18-15-12-9-6-3)75-69(72)63-60-57-54-51-48-45-42-39-36-31-29-26-23-20-17-14-11-8-5-2/h7,10,16-17,19-20,25-26,28-29,32-33,35,37,41,44,50,53,66H,4-6,8-9,11-15,18,21-24,27,30-31,34,36,38-40,42-43,45-49,51-52,54-65H2,1-3H3/b10-7-,19-16-,20-17-,28-25-,29-26-,33-32-,37-35-,44-41-,53-50-. The van der Waals surface area contributed by atoms with Gasteiger partial charge in [0.1, 0.15) is 13.2 Å². The molecule has 1 atom stereocenters. The zero-order valence-corrected chi connectivity index (χ0v) is 49.0. The summed E-state index contributed by atoms with van der Waals surface area (Å²) in [4.78, 5) is 38.3. The van der Waals surface area contributed by atoms with Crippen LogP contribution in [0.1, 0.15) is 290 Å². The summed E-state index contributed by atoms with van der Waals surface area (Å²) < 4.78 is 16.9. The van der Waals surface area contributed by atoms with Crippen molar-refractivity contribution in [3.63, 3.8) is 0 Å². The van der Waals surface area contributed by atoms with E-state index >= 15 is 0 Å². The first-order chi connectivity index (χ1) is 37.0. The molecule has 0 fully saturated rings. The quantitative estimate of drug-likeness (QED) is 0.0261. The van der Waals surface area contributed by atoms with Crippen molar-refractivity contribution in [2.24, 2.45) is 0 Å². The van der Waals surface area contributed by atoms with E-state index in [0.717, 1.165) is 96.3 Å². The van der Waals surface area contributed by atoms with Crippen LogP contribution in [-0.4, -0.2) is 37.2 Å². The van der Waals surface area contributed by atoms with E-state index in [1.807, 2.05) is 0 Å². The Morgan fingerprint density at radius 3 is 0.893 bits per heavy atom. The molecule has 0 aliphatic heterocycles. The number of unbranched alkanes of at least 4 members (excludes halogenated alkanes) is 27. The Balaban J connectivity index is 4.48. The number of esters is 3. The highest BCUT2D eigenvalue weighted by Crippen LogP contribution is 2.16. The third kappa shape index (κ3) is 60.8. The van der Waals surface area contributed by atoms with Gasteiger partial charge in [0.2, 0.25) is 0 Å². The summed E-state index contributed by atoms with van der Waals surface area (Å²) in [5.41, 5.74) is 0. The van der Waals surface area contributed by atoms with Crippen LogP contribution >= 0.6 is 0 Å². The Morgan fingerprint density at radius 1 is 0.280 bits per heavy atom. The molecule has 0 saturated carbocycles. The van der Waals surface area contributed by atoms with E-state index < -0.39 is 6.10 Å². The number of hydrogen-bond donors (Lipinski definition) is 0. The number of carbonyl (C=O) groups excluding carboxylic acids is 3. The van der Waals surface area contributed by atoms with Gasteiger partial charge >= 0.3 is 17.9 Å². The minimum atomic E-state index is -0.805. The van der Waals surface area contributed by atoms with Crippen molar-refractivity contribution in [3.05, 3.63) is 109 Å². The summed E-state index contributed by atoms with van der Waals surface area (Å²) in [6.45, 7) is 6.47. The first-order valence-electron chi connectivity index (χ1n) is 31.4. The van der Waals surface area contributed by atoms with Gasteiger partial charge in [-0.25, -0.2) is 0 Å². The summed E-state index contributed by atoms with van der Waals surface area (Å²) >= 11 is 0. The molecule has 0 amide bonds. The fourth-order valence-corrected chi connectivity index (χ4v) is 8.58. The molecule has 0 rings (SSSR count). The minimum Gasteiger partial charge on any atom is -0.462 e. The van der Waals surface area contributed by atoms with Crippen LogP contribution in [0, 0.1) is 0 Å². The van der Waals surface area contributed by atoms with Crippen LogP contribution in [0.25, 0.3) is 0 Å². The molecule has 0 aliphatic rings. The van der Waals surface area contributed by atoms with Gasteiger partial charge < -0.3 is 14.2 Å². The predicted molar refractivity (Wildman–Crippen MR) is 325 cm³/mol. The number of allylic oxidation sites excluding steroid dienone is 18. The Hall–Kier alpha value is -3.93. The molecule has 75 heavy (non-hydrogen) atoms. The molecular weight excluding hydrogens is 925 g/mol. The van der Waals surface area contributed by atoms with E-state index in [-0.39, 0.29) is 37.5 Å². The van der Waals surface area contributed by atoms with E-state index in [0.29, 0.717) is 19.3 Å². The monoisotopic (exact) mass is 1040 g/mol. The molecule has 0 bridgehead atoms. The predicted octanol–water partition coefficient (Wildman–Crippen LogP) is 21.4. The fourth-order valence-electron chi connectivity index (χ4n) is 8.58. The first-order valence-corrected chi connectivity index (χ1v) is 31.4. The van der Waals surface area contributed by atoms with Crippen LogP contribution in [0.2, 0.25) is 0 Å². The average Bonchev–Trinajstić information content (AvgIpc) is 3.41. The summed E-state index contributed by atoms with van der Waals surface area (Å²) in [5, 5.41) is 0. The SMILES string of the molecule is CC/C=C\C/C=C\C/C=C\C/C=C\C/C=C\C/C=C\C/C=C\CCCC(=O)OCC(COC(=O)CCCCCCCCCCCCCCCCC)OC(=O)CCCCCCCCCCC/C=C\C/C=C\CCCCC. The van der Waals surface area contributed by atoms with Crippen molar-refractivity contribution >= 4 is 17.9 Å². The minimum absolute atomic E-state index is 0.0965. The number of carbonyl (C=O) groups is 3. The van der Waals surface area contributed by atoms with Crippen molar-refractivity contribution in [3.8, 4) is 0 Å². The van der Waals surface area contributed by atoms with Gasteiger partial charge in [-0.05, 0) is 103 Å². The van der Waals surface area contributed by atoms with Gasteiger partial charge in [-0.1, -0.05) is 278 Å². The van der Waals surface area contributed by atoms with Crippen molar-refractivity contribution in [2.75, 3.05) is 13.2 Å². The molecule has 0 aromatic carbocycles. The molecule has 0 radical (unpaired) electrons. The highest BCUT2D eigenvalue weighted by atomic mass is 16.6. The van der Waals surface area contributed by atoms with Crippen LogP contribution in [-0.2, 0) is 28.6 Å². The smallest absolute Gasteiger partial charge is 0.306 e. The fraction of sp³-hybridized carbons (Fsp3) is 0.696. The highest BCUT2D eigenvalue weighted by Gasteiger charge is 2.19. The molecule has 0 aromatic rings. The maximum atomic E-state index is 12.9. The lowest BCUT2D eigenvalue weighted by atomic mass is 10.0.